The van der Waals surface area contributed by atoms with Crippen molar-refractivity contribution in [1.82, 2.24) is 9.71 Å². The Labute approximate surface area is 163 Å². The molecule has 0 atom stereocenters. The number of rotatable bonds is 7. The molecular formula is C20H21N3O4S. The van der Waals surface area contributed by atoms with Crippen LogP contribution in [0.3, 0.4) is 0 Å². The summed E-state index contributed by atoms with van der Waals surface area (Å²) in [6, 6.07) is 15.5. The second-order valence-corrected chi connectivity index (χ2v) is 8.01. The van der Waals surface area contributed by atoms with Crippen LogP contribution >= 0.6 is 0 Å². The van der Waals surface area contributed by atoms with E-state index in [1.165, 1.54) is 19.1 Å². The molecule has 1 amide bonds. The van der Waals surface area contributed by atoms with Crippen LogP contribution in [0.4, 0.5) is 5.69 Å². The predicted octanol–water partition coefficient (Wildman–Crippen LogP) is 3.13. The van der Waals surface area contributed by atoms with Crippen LogP contribution in [0, 0.1) is 6.92 Å². The first-order valence-electron chi connectivity index (χ1n) is 8.74. The van der Waals surface area contributed by atoms with E-state index in [4.69, 9.17) is 4.42 Å². The van der Waals surface area contributed by atoms with E-state index in [-0.39, 0.29) is 17.3 Å². The molecule has 0 saturated heterocycles. The lowest BCUT2D eigenvalue weighted by Gasteiger charge is -2.07. The number of oxazole rings is 1. The fraction of sp³-hybridized carbons (Fsp3) is 0.200. The molecule has 2 N–H and O–H groups in total. The summed E-state index contributed by atoms with van der Waals surface area (Å²) in [4.78, 5) is 15.6. The summed E-state index contributed by atoms with van der Waals surface area (Å²) in [5.74, 6) is 0.966. The van der Waals surface area contributed by atoms with Gasteiger partial charge in [0.1, 0.15) is 5.76 Å². The van der Waals surface area contributed by atoms with Crippen molar-refractivity contribution in [2.45, 2.75) is 25.2 Å². The van der Waals surface area contributed by atoms with E-state index in [0.717, 1.165) is 5.56 Å². The number of aryl methyl sites for hydroxylation is 1. The molecular weight excluding hydrogens is 378 g/mol. The number of sulfonamides is 1. The number of hydrogen-bond acceptors (Lipinski definition) is 5. The molecule has 1 aromatic heterocycles. The van der Waals surface area contributed by atoms with Crippen molar-refractivity contribution in [2.24, 2.45) is 0 Å². The van der Waals surface area contributed by atoms with Gasteiger partial charge in [-0.3, -0.25) is 4.79 Å². The van der Waals surface area contributed by atoms with Gasteiger partial charge in [0.05, 0.1) is 10.6 Å². The van der Waals surface area contributed by atoms with Crippen molar-refractivity contribution in [1.29, 1.82) is 0 Å². The van der Waals surface area contributed by atoms with Gasteiger partial charge in [0.2, 0.25) is 21.8 Å². The summed E-state index contributed by atoms with van der Waals surface area (Å²) in [5, 5.41) is 2.60. The van der Waals surface area contributed by atoms with Gasteiger partial charge in [-0.2, -0.15) is 0 Å². The van der Waals surface area contributed by atoms with Gasteiger partial charge in [0.15, 0.2) is 0 Å². The first-order chi connectivity index (χ1) is 13.3. The molecule has 28 heavy (non-hydrogen) atoms. The highest BCUT2D eigenvalue weighted by molar-refractivity contribution is 7.89. The zero-order chi connectivity index (χ0) is 20.1. The third-order valence-corrected chi connectivity index (χ3v) is 5.53. The maximum absolute atomic E-state index is 12.4. The second-order valence-electron chi connectivity index (χ2n) is 6.24. The monoisotopic (exact) mass is 399 g/mol. The number of nitrogens with one attached hydrogen (secondary N) is 2. The standard InChI is InChI=1S/C20H21N3O4S/c1-14-19(23-20(27-14)16-6-4-3-5-7-16)12-13-21-28(25,26)18-10-8-17(9-11-18)22-15(2)24/h3-11,21H,12-13H2,1-2H3,(H,22,24). The van der Waals surface area contributed by atoms with Crippen LogP contribution in [0.1, 0.15) is 18.4 Å². The van der Waals surface area contributed by atoms with Crippen molar-refractivity contribution in [2.75, 3.05) is 11.9 Å². The van der Waals surface area contributed by atoms with Gasteiger partial charge >= 0.3 is 0 Å². The van der Waals surface area contributed by atoms with Crippen LogP contribution in [-0.4, -0.2) is 25.9 Å². The Hall–Kier alpha value is -2.97. The molecule has 3 aromatic rings. The Balaban J connectivity index is 1.63. The van der Waals surface area contributed by atoms with Crippen LogP contribution in [0.2, 0.25) is 0 Å². The molecule has 0 spiro atoms. The predicted molar refractivity (Wildman–Crippen MR) is 106 cm³/mol. The topological polar surface area (TPSA) is 101 Å². The molecule has 146 valence electrons. The van der Waals surface area contributed by atoms with E-state index in [0.29, 0.717) is 29.5 Å². The number of benzene rings is 2. The maximum Gasteiger partial charge on any atom is 0.240 e. The number of aromatic nitrogens is 1. The Kier molecular flexibility index (Phi) is 5.91. The number of hydrogen-bond donors (Lipinski definition) is 2. The molecule has 0 unspecified atom stereocenters. The summed E-state index contributed by atoms with van der Waals surface area (Å²) < 4.78 is 33.1. The van der Waals surface area contributed by atoms with Gasteiger partial charge < -0.3 is 9.73 Å². The van der Waals surface area contributed by atoms with E-state index in [9.17, 15) is 13.2 Å². The highest BCUT2D eigenvalue weighted by Crippen LogP contribution is 2.21. The second kappa shape index (κ2) is 8.37. The minimum Gasteiger partial charge on any atom is -0.441 e. The summed E-state index contributed by atoms with van der Waals surface area (Å²) in [5.41, 5.74) is 2.12. The maximum atomic E-state index is 12.4. The lowest BCUT2D eigenvalue weighted by molar-refractivity contribution is -0.114. The average molecular weight is 399 g/mol. The molecule has 7 nitrogen and oxygen atoms in total. The molecule has 0 saturated carbocycles. The Morgan fingerprint density at radius 1 is 1.07 bits per heavy atom. The van der Waals surface area contributed by atoms with Crippen molar-refractivity contribution in [3.05, 3.63) is 66.1 Å². The summed E-state index contributed by atoms with van der Waals surface area (Å²) in [6.07, 6.45) is 0.408. The third-order valence-electron chi connectivity index (χ3n) is 4.05. The Bertz CT molecular complexity index is 1060. The van der Waals surface area contributed by atoms with E-state index >= 15 is 0 Å². The summed E-state index contributed by atoms with van der Waals surface area (Å²) in [7, 11) is -3.65. The van der Waals surface area contributed by atoms with Crippen LogP contribution in [0.25, 0.3) is 11.5 Å². The van der Waals surface area contributed by atoms with E-state index < -0.39 is 10.0 Å². The van der Waals surface area contributed by atoms with Gasteiger partial charge in [-0.1, -0.05) is 18.2 Å². The van der Waals surface area contributed by atoms with Crippen molar-refractivity contribution >= 4 is 21.6 Å². The molecule has 0 aliphatic carbocycles. The lowest BCUT2D eigenvalue weighted by atomic mass is 10.2. The zero-order valence-electron chi connectivity index (χ0n) is 15.6. The molecule has 2 aromatic carbocycles. The van der Waals surface area contributed by atoms with E-state index in [1.54, 1.807) is 12.1 Å². The van der Waals surface area contributed by atoms with Gasteiger partial charge in [0, 0.05) is 31.1 Å². The Morgan fingerprint density at radius 3 is 2.39 bits per heavy atom. The first kappa shape index (κ1) is 19.8. The smallest absolute Gasteiger partial charge is 0.240 e. The summed E-state index contributed by atoms with van der Waals surface area (Å²) >= 11 is 0. The third kappa shape index (κ3) is 4.85. The summed E-state index contributed by atoms with van der Waals surface area (Å²) in [6.45, 7) is 3.39. The molecule has 0 aliphatic heterocycles. The lowest BCUT2D eigenvalue weighted by Crippen LogP contribution is -2.26. The highest BCUT2D eigenvalue weighted by Gasteiger charge is 2.15. The number of carbonyl (C=O) groups is 1. The van der Waals surface area contributed by atoms with Crippen LogP contribution in [-0.2, 0) is 21.2 Å². The van der Waals surface area contributed by atoms with Crippen molar-refractivity contribution in [3.8, 4) is 11.5 Å². The van der Waals surface area contributed by atoms with Crippen LogP contribution in [0.15, 0.2) is 63.9 Å². The Morgan fingerprint density at radius 2 is 1.75 bits per heavy atom. The van der Waals surface area contributed by atoms with E-state index in [2.05, 4.69) is 15.0 Å². The zero-order valence-corrected chi connectivity index (χ0v) is 16.4. The first-order valence-corrected chi connectivity index (χ1v) is 10.2. The van der Waals surface area contributed by atoms with Gasteiger partial charge in [-0.25, -0.2) is 18.1 Å². The van der Waals surface area contributed by atoms with Crippen LogP contribution in [0.5, 0.6) is 0 Å². The SMILES string of the molecule is CC(=O)Nc1ccc(S(=O)(=O)NCCc2nc(-c3ccccc3)oc2C)cc1. The molecule has 0 radical (unpaired) electrons. The molecule has 3 rings (SSSR count). The number of anilines is 1. The molecule has 1 heterocycles. The molecule has 0 fully saturated rings. The van der Waals surface area contributed by atoms with Crippen LogP contribution < -0.4 is 10.0 Å². The van der Waals surface area contributed by atoms with Gasteiger partial charge in [-0.05, 0) is 43.3 Å². The quantitative estimate of drug-likeness (QED) is 0.636. The van der Waals surface area contributed by atoms with Gasteiger partial charge in [0.25, 0.3) is 0 Å². The fourth-order valence-corrected chi connectivity index (χ4v) is 3.70. The number of amides is 1. The van der Waals surface area contributed by atoms with Crippen molar-refractivity contribution in [3.63, 3.8) is 0 Å². The molecule has 0 aliphatic rings. The fourth-order valence-electron chi connectivity index (χ4n) is 2.67. The normalized spacial score (nSPS) is 11.4. The minimum absolute atomic E-state index is 0.128. The number of nitrogens with zero attached hydrogens (tertiary/aromatic N) is 1. The number of carbonyl (C=O) groups excluding carboxylic acids is 1. The van der Waals surface area contributed by atoms with Gasteiger partial charge in [-0.15, -0.1) is 0 Å². The molecule has 8 heteroatoms. The molecule has 0 bridgehead atoms. The van der Waals surface area contributed by atoms with E-state index in [1.807, 2.05) is 37.3 Å². The average Bonchev–Trinajstić information content (AvgIpc) is 3.03. The highest BCUT2D eigenvalue weighted by atomic mass is 32.2. The van der Waals surface area contributed by atoms with Crippen molar-refractivity contribution < 1.29 is 17.6 Å². The largest absolute Gasteiger partial charge is 0.441 e. The minimum atomic E-state index is -3.65.